The lowest BCUT2D eigenvalue weighted by molar-refractivity contribution is -0.138. The largest absolute Gasteiger partial charge is 0.481 e. The number of carboxylic acid groups (broad SMARTS) is 1. The van der Waals surface area contributed by atoms with E-state index in [4.69, 9.17) is 21.4 Å². The van der Waals surface area contributed by atoms with Crippen molar-refractivity contribution in [1.29, 1.82) is 0 Å². The molecular weight excluding hydrogens is 275 g/mol. The van der Waals surface area contributed by atoms with Gasteiger partial charge in [-0.25, -0.2) is 4.98 Å². The summed E-state index contributed by atoms with van der Waals surface area (Å²) in [4.78, 5) is 13.7. The first kappa shape index (κ1) is 14.6. The van der Waals surface area contributed by atoms with Gasteiger partial charge in [0, 0.05) is 12.6 Å². The molecule has 0 aliphatic rings. The van der Waals surface area contributed by atoms with E-state index in [9.17, 15) is 18.0 Å². The molecule has 0 atom stereocenters. The lowest BCUT2D eigenvalue weighted by Crippen LogP contribution is -2.07. The molecule has 8 heteroatoms. The van der Waals surface area contributed by atoms with Crippen molar-refractivity contribution in [1.82, 2.24) is 4.98 Å². The maximum absolute atomic E-state index is 12.3. The number of alkyl halides is 3. The molecule has 1 aromatic rings. The molecule has 1 heterocycles. The molecule has 0 aliphatic heterocycles. The summed E-state index contributed by atoms with van der Waals surface area (Å²) in [5, 5.41) is 8.11. The summed E-state index contributed by atoms with van der Waals surface area (Å²) in [7, 11) is 0. The first-order valence-electron chi connectivity index (χ1n) is 4.88. The van der Waals surface area contributed by atoms with Crippen molar-refractivity contribution in [3.05, 3.63) is 22.8 Å². The number of hydrogen-bond acceptors (Lipinski definition) is 3. The highest BCUT2D eigenvalue weighted by atomic mass is 35.5. The molecule has 4 nitrogen and oxygen atoms in total. The Morgan fingerprint density at radius 1 is 1.50 bits per heavy atom. The van der Waals surface area contributed by atoms with Crippen LogP contribution < -0.4 is 4.74 Å². The Labute approximate surface area is 105 Å². The summed E-state index contributed by atoms with van der Waals surface area (Å²) < 4.78 is 41.9. The zero-order valence-corrected chi connectivity index (χ0v) is 9.75. The van der Waals surface area contributed by atoms with Crippen LogP contribution in [-0.4, -0.2) is 22.7 Å². The SMILES string of the molecule is O=C(O)CCCOc1ncc(C(F)(F)F)cc1Cl. The highest BCUT2D eigenvalue weighted by Gasteiger charge is 2.31. The molecular formula is C10H9ClF3NO3. The van der Waals surface area contributed by atoms with Crippen molar-refractivity contribution < 1.29 is 27.8 Å². The average molecular weight is 284 g/mol. The summed E-state index contributed by atoms with van der Waals surface area (Å²) in [5.41, 5.74) is -0.967. The number of rotatable bonds is 5. The third-order valence-corrected chi connectivity index (χ3v) is 2.18. The predicted molar refractivity (Wildman–Crippen MR) is 56.6 cm³/mol. The van der Waals surface area contributed by atoms with Crippen molar-refractivity contribution in [2.75, 3.05) is 6.61 Å². The first-order valence-corrected chi connectivity index (χ1v) is 5.26. The fourth-order valence-electron chi connectivity index (χ4n) is 1.08. The Balaban J connectivity index is 2.60. The zero-order chi connectivity index (χ0) is 13.8. The van der Waals surface area contributed by atoms with E-state index in [1.165, 1.54) is 0 Å². The molecule has 0 fully saturated rings. The molecule has 100 valence electrons. The summed E-state index contributed by atoms with van der Waals surface area (Å²) in [5.74, 6) is -1.12. The van der Waals surface area contributed by atoms with E-state index >= 15 is 0 Å². The van der Waals surface area contributed by atoms with E-state index in [1.807, 2.05) is 0 Å². The quantitative estimate of drug-likeness (QED) is 0.844. The van der Waals surface area contributed by atoms with Gasteiger partial charge in [0.1, 0.15) is 5.02 Å². The van der Waals surface area contributed by atoms with Gasteiger partial charge in [0.2, 0.25) is 5.88 Å². The summed E-state index contributed by atoms with van der Waals surface area (Å²) in [6.07, 6.45) is -3.79. The number of aliphatic carboxylic acids is 1. The van der Waals surface area contributed by atoms with E-state index < -0.39 is 17.7 Å². The van der Waals surface area contributed by atoms with Crippen LogP contribution in [0.15, 0.2) is 12.3 Å². The van der Waals surface area contributed by atoms with E-state index in [2.05, 4.69) is 4.98 Å². The van der Waals surface area contributed by atoms with Crippen LogP contribution in [0, 0.1) is 0 Å². The van der Waals surface area contributed by atoms with Crippen molar-refractivity contribution in [3.63, 3.8) is 0 Å². The van der Waals surface area contributed by atoms with Crippen LogP contribution >= 0.6 is 11.6 Å². The highest BCUT2D eigenvalue weighted by Crippen LogP contribution is 2.33. The number of ether oxygens (including phenoxy) is 1. The fourth-order valence-corrected chi connectivity index (χ4v) is 1.30. The third kappa shape index (κ3) is 4.40. The number of carbonyl (C=O) groups is 1. The molecule has 18 heavy (non-hydrogen) atoms. The lowest BCUT2D eigenvalue weighted by Gasteiger charge is -2.09. The highest BCUT2D eigenvalue weighted by molar-refractivity contribution is 6.31. The second-order valence-electron chi connectivity index (χ2n) is 3.35. The Morgan fingerprint density at radius 3 is 2.67 bits per heavy atom. The normalized spacial score (nSPS) is 11.3. The van der Waals surface area contributed by atoms with Crippen molar-refractivity contribution in [2.24, 2.45) is 0 Å². The maximum Gasteiger partial charge on any atom is 0.417 e. The Bertz CT molecular complexity index is 437. The van der Waals surface area contributed by atoms with Crippen molar-refractivity contribution >= 4 is 17.6 Å². The monoisotopic (exact) mass is 283 g/mol. The summed E-state index contributed by atoms with van der Waals surface area (Å²) in [6.45, 7) is 0.0182. The number of pyridine rings is 1. The van der Waals surface area contributed by atoms with Crippen LogP contribution in [-0.2, 0) is 11.0 Å². The molecule has 0 unspecified atom stereocenters. The number of nitrogens with zero attached hydrogens (tertiary/aromatic N) is 1. The van der Waals surface area contributed by atoms with Crippen LogP contribution in [0.5, 0.6) is 5.88 Å². The van der Waals surface area contributed by atoms with E-state index in [1.54, 1.807) is 0 Å². The van der Waals surface area contributed by atoms with E-state index in [-0.39, 0.29) is 30.4 Å². The minimum Gasteiger partial charge on any atom is -0.481 e. The zero-order valence-electron chi connectivity index (χ0n) is 9.00. The lowest BCUT2D eigenvalue weighted by atomic mass is 10.3. The summed E-state index contributed by atoms with van der Waals surface area (Å²) >= 11 is 5.57. The molecule has 0 bridgehead atoms. The predicted octanol–water partition coefficient (Wildman–Crippen LogP) is 3.00. The van der Waals surface area contributed by atoms with Crippen molar-refractivity contribution in [2.45, 2.75) is 19.0 Å². The maximum atomic E-state index is 12.3. The number of halogens is 4. The average Bonchev–Trinajstić information content (AvgIpc) is 2.24. The van der Waals surface area contributed by atoms with Gasteiger partial charge in [0.05, 0.1) is 12.2 Å². The second kappa shape index (κ2) is 5.90. The number of hydrogen-bond donors (Lipinski definition) is 1. The third-order valence-electron chi connectivity index (χ3n) is 1.91. The van der Waals surface area contributed by atoms with Crippen LogP contribution in [0.3, 0.4) is 0 Å². The van der Waals surface area contributed by atoms with Crippen LogP contribution in [0.4, 0.5) is 13.2 Å². The van der Waals surface area contributed by atoms with Gasteiger partial charge in [-0.1, -0.05) is 11.6 Å². The molecule has 0 saturated carbocycles. The standard InChI is InChI=1S/C10H9ClF3NO3/c11-7-4-6(10(12,13)14)5-15-9(7)18-3-1-2-8(16)17/h4-5H,1-3H2,(H,16,17). The molecule has 0 aromatic carbocycles. The molecule has 0 spiro atoms. The Kier molecular flexibility index (Phi) is 4.77. The van der Waals surface area contributed by atoms with E-state index in [0.717, 1.165) is 0 Å². The molecule has 1 rings (SSSR count). The molecule has 0 aliphatic carbocycles. The van der Waals surface area contributed by atoms with E-state index in [0.29, 0.717) is 12.3 Å². The van der Waals surface area contributed by atoms with Crippen molar-refractivity contribution in [3.8, 4) is 5.88 Å². The molecule has 0 radical (unpaired) electrons. The van der Waals surface area contributed by atoms with Gasteiger partial charge in [-0.15, -0.1) is 0 Å². The minimum atomic E-state index is -4.52. The second-order valence-corrected chi connectivity index (χ2v) is 3.76. The van der Waals surface area contributed by atoms with Gasteiger partial charge >= 0.3 is 12.1 Å². The van der Waals surface area contributed by atoms with Gasteiger partial charge in [-0.3, -0.25) is 4.79 Å². The van der Waals surface area contributed by atoms with Gasteiger partial charge in [0.25, 0.3) is 0 Å². The van der Waals surface area contributed by atoms with Gasteiger partial charge in [-0.2, -0.15) is 13.2 Å². The Morgan fingerprint density at radius 2 is 2.17 bits per heavy atom. The molecule has 1 aromatic heterocycles. The molecule has 1 N–H and O–H groups in total. The van der Waals surface area contributed by atoms with Gasteiger partial charge in [0.15, 0.2) is 0 Å². The summed E-state index contributed by atoms with van der Waals surface area (Å²) in [6, 6.07) is 0.709. The number of aromatic nitrogens is 1. The number of carboxylic acids is 1. The van der Waals surface area contributed by atoms with Gasteiger partial charge in [-0.05, 0) is 12.5 Å². The smallest absolute Gasteiger partial charge is 0.417 e. The van der Waals surface area contributed by atoms with Crippen LogP contribution in [0.2, 0.25) is 5.02 Å². The van der Waals surface area contributed by atoms with Crippen LogP contribution in [0.1, 0.15) is 18.4 Å². The minimum absolute atomic E-state index is 0.0182. The fraction of sp³-hybridized carbons (Fsp3) is 0.400. The topological polar surface area (TPSA) is 59.4 Å². The Hall–Kier alpha value is -1.50. The van der Waals surface area contributed by atoms with Gasteiger partial charge < -0.3 is 9.84 Å². The molecule has 0 saturated heterocycles. The first-order chi connectivity index (χ1) is 8.30. The van der Waals surface area contributed by atoms with Crippen LogP contribution in [0.25, 0.3) is 0 Å². The molecule has 0 amide bonds.